The van der Waals surface area contributed by atoms with Crippen molar-refractivity contribution in [3.8, 4) is 5.75 Å². The Kier molecular flexibility index (Phi) is 4.74. The third-order valence-electron chi connectivity index (χ3n) is 5.27. The molecular formula is C24H24N2O3. The maximum absolute atomic E-state index is 13.0. The van der Waals surface area contributed by atoms with Crippen molar-refractivity contribution in [1.29, 1.82) is 0 Å². The van der Waals surface area contributed by atoms with E-state index >= 15 is 0 Å². The van der Waals surface area contributed by atoms with E-state index in [1.165, 1.54) is 0 Å². The SMILES string of the molecule is CCN1C(=O)C(C)(C)COc2ccc(NC(=O)c3cccc4ccccc34)cc21. The van der Waals surface area contributed by atoms with Crippen molar-refractivity contribution in [3.05, 3.63) is 66.2 Å². The largest absolute Gasteiger partial charge is 0.490 e. The monoisotopic (exact) mass is 388 g/mol. The van der Waals surface area contributed by atoms with Crippen LogP contribution in [0.1, 0.15) is 31.1 Å². The summed E-state index contributed by atoms with van der Waals surface area (Å²) in [5.74, 6) is 0.469. The third kappa shape index (κ3) is 3.44. The van der Waals surface area contributed by atoms with Crippen LogP contribution in [0.4, 0.5) is 11.4 Å². The number of hydrogen-bond donors (Lipinski definition) is 1. The van der Waals surface area contributed by atoms with E-state index in [0.29, 0.717) is 35.8 Å². The Labute approximate surface area is 170 Å². The zero-order valence-electron chi connectivity index (χ0n) is 16.9. The highest BCUT2D eigenvalue weighted by atomic mass is 16.5. The molecule has 0 radical (unpaired) electrons. The molecule has 0 bridgehead atoms. The smallest absolute Gasteiger partial charge is 0.256 e. The lowest BCUT2D eigenvalue weighted by atomic mass is 9.93. The van der Waals surface area contributed by atoms with E-state index in [4.69, 9.17) is 4.74 Å². The second-order valence-electron chi connectivity index (χ2n) is 7.89. The Morgan fingerprint density at radius 3 is 2.66 bits per heavy atom. The van der Waals surface area contributed by atoms with Gasteiger partial charge in [-0.25, -0.2) is 0 Å². The molecule has 0 unspecified atom stereocenters. The molecule has 2 amide bonds. The molecule has 5 nitrogen and oxygen atoms in total. The number of rotatable bonds is 3. The van der Waals surface area contributed by atoms with Crippen LogP contribution in [-0.4, -0.2) is 25.0 Å². The van der Waals surface area contributed by atoms with Crippen LogP contribution >= 0.6 is 0 Å². The molecule has 3 aromatic rings. The van der Waals surface area contributed by atoms with Gasteiger partial charge in [0.1, 0.15) is 12.4 Å². The van der Waals surface area contributed by atoms with Gasteiger partial charge in [0, 0.05) is 17.8 Å². The van der Waals surface area contributed by atoms with Gasteiger partial charge < -0.3 is 15.0 Å². The first-order chi connectivity index (χ1) is 13.9. The summed E-state index contributed by atoms with van der Waals surface area (Å²) < 4.78 is 5.89. The first-order valence-electron chi connectivity index (χ1n) is 9.78. The van der Waals surface area contributed by atoms with Crippen LogP contribution in [0.15, 0.2) is 60.7 Å². The average molecular weight is 388 g/mol. The van der Waals surface area contributed by atoms with Gasteiger partial charge in [-0.1, -0.05) is 36.4 Å². The summed E-state index contributed by atoms with van der Waals surface area (Å²) in [6.07, 6.45) is 0. The van der Waals surface area contributed by atoms with E-state index in [-0.39, 0.29) is 11.8 Å². The van der Waals surface area contributed by atoms with Crippen LogP contribution in [0.25, 0.3) is 10.8 Å². The molecule has 0 aromatic heterocycles. The fraction of sp³-hybridized carbons (Fsp3) is 0.250. The Morgan fingerprint density at radius 2 is 1.86 bits per heavy atom. The lowest BCUT2D eigenvalue weighted by Gasteiger charge is -2.27. The molecule has 0 saturated carbocycles. The second-order valence-corrected chi connectivity index (χ2v) is 7.89. The van der Waals surface area contributed by atoms with E-state index in [1.54, 1.807) is 17.0 Å². The van der Waals surface area contributed by atoms with Gasteiger partial charge >= 0.3 is 0 Å². The third-order valence-corrected chi connectivity index (χ3v) is 5.27. The predicted molar refractivity (Wildman–Crippen MR) is 116 cm³/mol. The van der Waals surface area contributed by atoms with Crippen molar-refractivity contribution in [1.82, 2.24) is 0 Å². The molecule has 1 aliphatic heterocycles. The minimum atomic E-state index is -0.610. The van der Waals surface area contributed by atoms with E-state index < -0.39 is 5.41 Å². The van der Waals surface area contributed by atoms with Crippen LogP contribution in [0.3, 0.4) is 0 Å². The number of carbonyl (C=O) groups excluding carboxylic acids is 2. The fourth-order valence-electron chi connectivity index (χ4n) is 3.66. The molecule has 3 aromatic carbocycles. The second kappa shape index (κ2) is 7.24. The molecule has 1 N–H and O–H groups in total. The zero-order valence-corrected chi connectivity index (χ0v) is 16.9. The molecule has 1 heterocycles. The minimum Gasteiger partial charge on any atom is -0.490 e. The van der Waals surface area contributed by atoms with Crippen LogP contribution in [-0.2, 0) is 4.79 Å². The summed E-state index contributed by atoms with van der Waals surface area (Å²) >= 11 is 0. The summed E-state index contributed by atoms with van der Waals surface area (Å²) in [5.41, 5.74) is 1.30. The van der Waals surface area contributed by atoms with Gasteiger partial charge in [0.25, 0.3) is 5.91 Å². The first kappa shape index (κ1) is 19.0. The number of ether oxygens (including phenoxy) is 1. The molecule has 0 saturated heterocycles. The van der Waals surface area contributed by atoms with Crippen LogP contribution in [0, 0.1) is 5.41 Å². The normalized spacial score (nSPS) is 15.4. The summed E-state index contributed by atoms with van der Waals surface area (Å²) in [5, 5.41) is 4.88. The van der Waals surface area contributed by atoms with Gasteiger partial charge in [-0.15, -0.1) is 0 Å². The van der Waals surface area contributed by atoms with Crippen molar-refractivity contribution in [2.24, 2.45) is 5.41 Å². The summed E-state index contributed by atoms with van der Waals surface area (Å²) in [7, 11) is 0. The molecule has 0 atom stereocenters. The van der Waals surface area contributed by atoms with Crippen LogP contribution in [0.2, 0.25) is 0 Å². The zero-order chi connectivity index (χ0) is 20.6. The van der Waals surface area contributed by atoms with Crippen molar-refractivity contribution in [3.63, 3.8) is 0 Å². The Hall–Kier alpha value is -3.34. The van der Waals surface area contributed by atoms with Gasteiger partial charge in [-0.2, -0.15) is 0 Å². The summed E-state index contributed by atoms with van der Waals surface area (Å²) in [4.78, 5) is 27.6. The standard InChI is InChI=1S/C24H24N2O3/c1-4-26-20-14-17(12-13-21(20)29-15-24(2,3)23(26)28)25-22(27)19-11-7-9-16-8-5-6-10-18(16)19/h5-14H,4,15H2,1-3H3,(H,25,27). The van der Waals surface area contributed by atoms with Crippen molar-refractivity contribution < 1.29 is 14.3 Å². The number of anilines is 2. The van der Waals surface area contributed by atoms with Crippen molar-refractivity contribution >= 4 is 34.0 Å². The lowest BCUT2D eigenvalue weighted by molar-refractivity contribution is -0.127. The number of benzene rings is 3. The van der Waals surface area contributed by atoms with Gasteiger partial charge in [0.05, 0.1) is 11.1 Å². The number of fused-ring (bicyclic) bond motifs is 2. The number of nitrogens with one attached hydrogen (secondary N) is 1. The lowest BCUT2D eigenvalue weighted by Crippen LogP contribution is -2.42. The highest BCUT2D eigenvalue weighted by Crippen LogP contribution is 2.38. The fourth-order valence-corrected chi connectivity index (χ4v) is 3.66. The highest BCUT2D eigenvalue weighted by Gasteiger charge is 2.37. The van der Waals surface area contributed by atoms with Crippen molar-refractivity contribution in [2.75, 3.05) is 23.4 Å². The predicted octanol–water partition coefficient (Wildman–Crippen LogP) is 4.86. The molecular weight excluding hydrogens is 364 g/mol. The average Bonchev–Trinajstić information content (AvgIpc) is 2.81. The molecule has 1 aliphatic rings. The Morgan fingerprint density at radius 1 is 1.10 bits per heavy atom. The van der Waals surface area contributed by atoms with Crippen LogP contribution < -0.4 is 15.0 Å². The molecule has 4 rings (SSSR count). The molecule has 0 fully saturated rings. The first-order valence-corrected chi connectivity index (χ1v) is 9.78. The van der Waals surface area contributed by atoms with Gasteiger partial charge in [0.2, 0.25) is 5.91 Å². The number of nitrogens with zero attached hydrogens (tertiary/aromatic N) is 1. The maximum Gasteiger partial charge on any atom is 0.256 e. The number of carbonyl (C=O) groups is 2. The molecule has 0 spiro atoms. The van der Waals surface area contributed by atoms with Crippen molar-refractivity contribution in [2.45, 2.75) is 20.8 Å². The van der Waals surface area contributed by atoms with Gasteiger partial charge in [-0.05, 0) is 55.8 Å². The molecule has 148 valence electrons. The van der Waals surface area contributed by atoms with E-state index in [2.05, 4.69) is 5.32 Å². The van der Waals surface area contributed by atoms with Crippen LogP contribution in [0.5, 0.6) is 5.75 Å². The molecule has 29 heavy (non-hydrogen) atoms. The maximum atomic E-state index is 13.0. The Balaban J connectivity index is 1.68. The topological polar surface area (TPSA) is 58.6 Å². The van der Waals surface area contributed by atoms with Gasteiger partial charge in [-0.3, -0.25) is 9.59 Å². The van der Waals surface area contributed by atoms with E-state index in [9.17, 15) is 9.59 Å². The quantitative estimate of drug-likeness (QED) is 0.697. The molecule has 0 aliphatic carbocycles. The van der Waals surface area contributed by atoms with E-state index in [1.807, 2.05) is 69.3 Å². The van der Waals surface area contributed by atoms with Gasteiger partial charge in [0.15, 0.2) is 0 Å². The Bertz CT molecular complexity index is 1100. The van der Waals surface area contributed by atoms with E-state index in [0.717, 1.165) is 10.8 Å². The number of hydrogen-bond acceptors (Lipinski definition) is 3. The summed E-state index contributed by atoms with van der Waals surface area (Å²) in [6.45, 7) is 6.54. The minimum absolute atomic E-state index is 0.0104. The molecule has 5 heteroatoms. The highest BCUT2D eigenvalue weighted by molar-refractivity contribution is 6.13. The number of amides is 2. The summed E-state index contributed by atoms with van der Waals surface area (Å²) in [6, 6.07) is 18.9.